The van der Waals surface area contributed by atoms with Crippen LogP contribution in [-0.2, 0) is 9.53 Å². The molecule has 1 heterocycles. The van der Waals surface area contributed by atoms with Crippen LogP contribution >= 0.6 is 0 Å². The number of nitrogens with one attached hydrogen (secondary N) is 2. The number of methoxy groups -OCH3 is 1. The molecule has 0 aliphatic rings. The summed E-state index contributed by atoms with van der Waals surface area (Å²) in [7, 11) is 1.59. The normalized spacial score (nSPS) is 10.8. The van der Waals surface area contributed by atoms with E-state index in [4.69, 9.17) is 4.74 Å². The third kappa shape index (κ3) is 7.30. The molecule has 1 aromatic heterocycles. The highest BCUT2D eigenvalue weighted by atomic mass is 19.1. The van der Waals surface area contributed by atoms with Crippen molar-refractivity contribution in [2.45, 2.75) is 20.3 Å². The number of nitrogens with zero attached hydrogens (tertiary/aromatic N) is 3. The van der Waals surface area contributed by atoms with Crippen molar-refractivity contribution >= 4 is 23.4 Å². The number of amides is 3. The molecule has 2 N–H and O–H groups in total. The highest BCUT2D eigenvalue weighted by Gasteiger charge is 2.20. The molecule has 0 spiro atoms. The molecule has 0 fully saturated rings. The second-order valence-electron chi connectivity index (χ2n) is 9.21. The number of carbonyl (C=O) groups is 2. The van der Waals surface area contributed by atoms with Gasteiger partial charge in [0.25, 0.3) is 0 Å². The van der Waals surface area contributed by atoms with Crippen molar-refractivity contribution in [3.8, 4) is 16.9 Å². The lowest BCUT2D eigenvalue weighted by Crippen LogP contribution is -2.41. The maximum Gasteiger partial charge on any atom is 0.322 e. The molecule has 9 heteroatoms. The van der Waals surface area contributed by atoms with Crippen molar-refractivity contribution in [3.05, 3.63) is 95.8 Å². The maximum atomic E-state index is 13.6. The van der Waals surface area contributed by atoms with Gasteiger partial charge in [-0.1, -0.05) is 36.4 Å². The van der Waals surface area contributed by atoms with Gasteiger partial charge in [-0.05, 0) is 67.8 Å². The molecule has 3 aromatic carbocycles. The van der Waals surface area contributed by atoms with Gasteiger partial charge in [-0.15, -0.1) is 0 Å². The summed E-state index contributed by atoms with van der Waals surface area (Å²) in [6.07, 6.45) is 0.565. The van der Waals surface area contributed by atoms with E-state index < -0.39 is 5.91 Å². The summed E-state index contributed by atoms with van der Waals surface area (Å²) in [5.74, 6) is -0.372. The molecule has 0 radical (unpaired) electrons. The van der Waals surface area contributed by atoms with Crippen LogP contribution in [0.25, 0.3) is 16.9 Å². The van der Waals surface area contributed by atoms with E-state index in [2.05, 4.69) is 15.7 Å². The Labute approximate surface area is 227 Å². The second kappa shape index (κ2) is 12.8. The van der Waals surface area contributed by atoms with Gasteiger partial charge in [0.05, 0.1) is 11.4 Å². The minimum absolute atomic E-state index is 0.185. The largest absolute Gasteiger partial charge is 0.385 e. The zero-order chi connectivity index (χ0) is 27.8. The topological polar surface area (TPSA) is 88.5 Å². The van der Waals surface area contributed by atoms with Crippen molar-refractivity contribution in [2.75, 3.05) is 37.4 Å². The number of halogens is 1. The van der Waals surface area contributed by atoms with Crippen LogP contribution in [0.3, 0.4) is 0 Å². The number of anilines is 2. The average Bonchev–Trinajstić information content (AvgIpc) is 3.34. The van der Waals surface area contributed by atoms with Gasteiger partial charge in [0, 0.05) is 37.6 Å². The number of ether oxygens (including phenoxy) is 1. The zero-order valence-corrected chi connectivity index (χ0v) is 22.3. The zero-order valence-electron chi connectivity index (χ0n) is 22.3. The molecular weight excluding hydrogens is 497 g/mol. The molecule has 39 heavy (non-hydrogen) atoms. The van der Waals surface area contributed by atoms with E-state index in [1.807, 2.05) is 62.4 Å². The Bertz CT molecular complexity index is 1420. The summed E-state index contributed by atoms with van der Waals surface area (Å²) in [6.45, 7) is 4.57. The molecule has 0 saturated carbocycles. The Morgan fingerprint density at radius 3 is 2.38 bits per heavy atom. The minimum atomic E-state index is -0.398. The monoisotopic (exact) mass is 529 g/mol. The van der Waals surface area contributed by atoms with Crippen molar-refractivity contribution in [1.82, 2.24) is 14.7 Å². The van der Waals surface area contributed by atoms with Crippen molar-refractivity contribution < 1.29 is 18.7 Å². The number of rotatable bonds is 10. The summed E-state index contributed by atoms with van der Waals surface area (Å²) in [5.41, 5.74) is 4.92. The first-order chi connectivity index (χ1) is 18.8. The number of hydrogen-bond donors (Lipinski definition) is 2. The third-order valence-corrected chi connectivity index (χ3v) is 6.27. The van der Waals surface area contributed by atoms with Gasteiger partial charge in [-0.3, -0.25) is 4.79 Å². The molecule has 0 bridgehead atoms. The SMILES string of the molecule is COCCCN(CC(=O)Nc1cc(-c2ccccc2)nn1-c1ccc(F)cc1)C(=O)Nc1ccc(C)c(C)c1. The van der Waals surface area contributed by atoms with E-state index in [1.165, 1.54) is 17.0 Å². The lowest BCUT2D eigenvalue weighted by molar-refractivity contribution is -0.116. The fraction of sp³-hybridized carbons (Fsp3) is 0.233. The van der Waals surface area contributed by atoms with E-state index >= 15 is 0 Å². The van der Waals surface area contributed by atoms with Gasteiger partial charge in [0.1, 0.15) is 18.2 Å². The molecule has 0 aliphatic carbocycles. The minimum Gasteiger partial charge on any atom is -0.385 e. The van der Waals surface area contributed by atoms with Crippen LogP contribution in [0, 0.1) is 19.7 Å². The Morgan fingerprint density at radius 2 is 1.69 bits per heavy atom. The van der Waals surface area contributed by atoms with Crippen LogP contribution in [0.15, 0.2) is 78.9 Å². The molecule has 202 valence electrons. The van der Waals surface area contributed by atoms with Crippen molar-refractivity contribution in [1.29, 1.82) is 0 Å². The number of hydrogen-bond acceptors (Lipinski definition) is 4. The number of urea groups is 1. The Morgan fingerprint density at radius 1 is 0.949 bits per heavy atom. The standard InChI is InChI=1S/C30H32FN5O3/c1-21-10-13-25(18-22(21)2)32-30(38)35(16-7-17-39-3)20-29(37)33-28-19-27(23-8-5-4-6-9-23)34-36(28)26-14-11-24(31)12-15-26/h4-6,8-15,18-19H,7,16-17,20H2,1-3H3,(H,32,38)(H,33,37). The summed E-state index contributed by atoms with van der Waals surface area (Å²) in [6, 6.07) is 22.4. The molecule has 3 amide bonds. The lowest BCUT2D eigenvalue weighted by atomic mass is 10.1. The molecule has 0 unspecified atom stereocenters. The quantitative estimate of drug-likeness (QED) is 0.254. The van der Waals surface area contributed by atoms with Crippen LogP contribution < -0.4 is 10.6 Å². The third-order valence-electron chi connectivity index (χ3n) is 6.27. The van der Waals surface area contributed by atoms with Crippen molar-refractivity contribution in [3.63, 3.8) is 0 Å². The van der Waals surface area contributed by atoms with Gasteiger partial charge in [0.15, 0.2) is 0 Å². The fourth-order valence-electron chi connectivity index (χ4n) is 4.03. The van der Waals surface area contributed by atoms with Crippen LogP contribution in [0.4, 0.5) is 20.7 Å². The highest BCUT2D eigenvalue weighted by molar-refractivity contribution is 5.97. The molecule has 8 nitrogen and oxygen atoms in total. The van der Waals surface area contributed by atoms with Crippen molar-refractivity contribution in [2.24, 2.45) is 0 Å². The second-order valence-corrected chi connectivity index (χ2v) is 9.21. The van der Waals surface area contributed by atoms with E-state index in [-0.39, 0.29) is 18.4 Å². The number of aryl methyl sites for hydroxylation is 2. The Balaban J connectivity index is 1.55. The van der Waals surface area contributed by atoms with Crippen LogP contribution in [0.5, 0.6) is 0 Å². The Kier molecular flexibility index (Phi) is 9.06. The van der Waals surface area contributed by atoms with Gasteiger partial charge in [-0.25, -0.2) is 13.9 Å². The lowest BCUT2D eigenvalue weighted by Gasteiger charge is -2.23. The Hall–Kier alpha value is -4.50. The molecule has 4 rings (SSSR count). The first-order valence-corrected chi connectivity index (χ1v) is 12.7. The first kappa shape index (κ1) is 27.5. The van der Waals surface area contributed by atoms with Gasteiger partial charge in [0.2, 0.25) is 5.91 Å². The molecule has 0 atom stereocenters. The number of aromatic nitrogens is 2. The van der Waals surface area contributed by atoms with Crippen LogP contribution in [-0.4, -0.2) is 53.4 Å². The first-order valence-electron chi connectivity index (χ1n) is 12.7. The number of benzene rings is 3. The molecular formula is C30H32FN5O3. The van der Waals surface area contributed by atoms with E-state index in [9.17, 15) is 14.0 Å². The average molecular weight is 530 g/mol. The summed E-state index contributed by atoms with van der Waals surface area (Å²) in [4.78, 5) is 27.8. The van der Waals surface area contributed by atoms with E-state index in [1.54, 1.807) is 30.0 Å². The van der Waals surface area contributed by atoms with Crippen LogP contribution in [0.1, 0.15) is 17.5 Å². The highest BCUT2D eigenvalue weighted by Crippen LogP contribution is 2.25. The predicted octanol–water partition coefficient (Wildman–Crippen LogP) is 5.80. The van der Waals surface area contributed by atoms with Gasteiger partial charge in [-0.2, -0.15) is 5.10 Å². The van der Waals surface area contributed by atoms with E-state index in [0.717, 1.165) is 16.7 Å². The summed E-state index contributed by atoms with van der Waals surface area (Å²) < 4.78 is 20.3. The predicted molar refractivity (Wildman–Crippen MR) is 151 cm³/mol. The number of carbonyl (C=O) groups excluding carboxylic acids is 2. The maximum absolute atomic E-state index is 13.6. The van der Waals surface area contributed by atoms with Gasteiger partial charge < -0.3 is 20.3 Å². The molecule has 0 aliphatic heterocycles. The molecule has 4 aromatic rings. The molecule has 0 saturated heterocycles. The summed E-state index contributed by atoms with van der Waals surface area (Å²) >= 11 is 0. The van der Waals surface area contributed by atoms with Gasteiger partial charge >= 0.3 is 6.03 Å². The fourth-order valence-corrected chi connectivity index (χ4v) is 4.03. The smallest absolute Gasteiger partial charge is 0.322 e. The summed E-state index contributed by atoms with van der Waals surface area (Å²) in [5, 5.41) is 10.4. The van der Waals surface area contributed by atoms with E-state index in [0.29, 0.717) is 42.5 Å². The van der Waals surface area contributed by atoms with Crippen LogP contribution in [0.2, 0.25) is 0 Å².